The second kappa shape index (κ2) is 10.1. The van der Waals surface area contributed by atoms with Crippen molar-refractivity contribution in [2.45, 2.75) is 40.8 Å². The van der Waals surface area contributed by atoms with E-state index in [9.17, 15) is 9.90 Å². The first kappa shape index (κ1) is 24.2. The minimum atomic E-state index is -2.18. The summed E-state index contributed by atoms with van der Waals surface area (Å²) in [5.41, 5.74) is 0.995. The average Bonchev–Trinajstić information content (AvgIpc) is 2.81. The van der Waals surface area contributed by atoms with Crippen molar-refractivity contribution in [3.05, 3.63) is 71.8 Å². The molecule has 0 bridgehead atoms. The molecule has 2 N–H and O–H groups in total. The van der Waals surface area contributed by atoms with E-state index in [1.54, 1.807) is 30.3 Å². The molecule has 11 heteroatoms. The van der Waals surface area contributed by atoms with Gasteiger partial charge in [0.2, 0.25) is 12.2 Å². The van der Waals surface area contributed by atoms with Crippen LogP contribution in [0, 0.1) is 5.41 Å². The van der Waals surface area contributed by atoms with E-state index in [0.29, 0.717) is 0 Å². The average molecular weight is 517 g/mol. The smallest absolute Gasteiger partial charge is 0.338 e. The van der Waals surface area contributed by atoms with Gasteiger partial charge in [-0.3, -0.25) is 5.41 Å². The minimum absolute atomic E-state index is 0.0433. The number of aliphatic hydroxyl groups excluding tert-OH is 1. The Morgan fingerprint density at radius 3 is 2.27 bits per heavy atom. The summed E-state index contributed by atoms with van der Waals surface area (Å²) in [7, 11) is 0. The highest BCUT2D eigenvalue weighted by molar-refractivity contribution is 6.76. The van der Waals surface area contributed by atoms with Gasteiger partial charge in [0.1, 0.15) is 18.3 Å². The van der Waals surface area contributed by atoms with Crippen molar-refractivity contribution in [2.24, 2.45) is 0 Å². The highest BCUT2D eigenvalue weighted by Crippen LogP contribution is 2.37. The molecule has 176 valence electrons. The molecule has 2 aliphatic heterocycles. The molecule has 0 saturated carbocycles. The molecule has 4 rings (SSSR count). The summed E-state index contributed by atoms with van der Waals surface area (Å²) in [5, 5.41) is 19.0. The zero-order chi connectivity index (χ0) is 23.6. The maximum absolute atomic E-state index is 12.7. The number of carbonyl (C=O) groups is 1. The Kier molecular flexibility index (Phi) is 7.45. The normalized spacial score (nSPS) is 29.6. The number of hydrogen-bond acceptors (Lipinski definition) is 8. The molecule has 2 aliphatic rings. The van der Waals surface area contributed by atoms with Gasteiger partial charge in [-0.15, -0.1) is 0 Å². The van der Waals surface area contributed by atoms with Gasteiger partial charge in [0, 0.05) is 5.56 Å². The maximum Gasteiger partial charge on any atom is 0.338 e. The van der Waals surface area contributed by atoms with E-state index in [1.807, 2.05) is 30.3 Å². The van der Waals surface area contributed by atoms with Crippen LogP contribution in [0.2, 0.25) is 0 Å². The van der Waals surface area contributed by atoms with Gasteiger partial charge in [0.25, 0.3) is 3.79 Å². The molecule has 0 amide bonds. The molecule has 0 radical (unpaired) electrons. The van der Waals surface area contributed by atoms with Gasteiger partial charge in [-0.25, -0.2) is 4.79 Å². The van der Waals surface area contributed by atoms with Crippen molar-refractivity contribution in [1.82, 2.24) is 0 Å². The van der Waals surface area contributed by atoms with Crippen LogP contribution in [0.15, 0.2) is 60.7 Å². The van der Waals surface area contributed by atoms with E-state index in [-0.39, 0.29) is 12.2 Å². The molecule has 2 fully saturated rings. The van der Waals surface area contributed by atoms with Gasteiger partial charge >= 0.3 is 5.97 Å². The fraction of sp³-hybridized carbons (Fsp3) is 0.364. The lowest BCUT2D eigenvalue weighted by Crippen LogP contribution is -2.63. The number of ether oxygens (including phenoxy) is 5. The van der Waals surface area contributed by atoms with Crippen LogP contribution in [0.4, 0.5) is 0 Å². The van der Waals surface area contributed by atoms with E-state index in [1.165, 1.54) is 0 Å². The molecular weight excluding hydrogens is 497 g/mol. The number of nitrogens with one attached hydrogen (secondary N) is 1. The summed E-state index contributed by atoms with van der Waals surface area (Å²) in [5.74, 6) is -1.49. The molecule has 2 aromatic rings. The zero-order valence-electron chi connectivity index (χ0n) is 17.0. The van der Waals surface area contributed by atoms with Crippen molar-refractivity contribution in [2.75, 3.05) is 6.61 Å². The maximum atomic E-state index is 12.7. The van der Waals surface area contributed by atoms with Crippen LogP contribution in [0.1, 0.15) is 22.2 Å². The molecule has 0 aromatic heterocycles. The molecule has 0 aliphatic carbocycles. The van der Waals surface area contributed by atoms with E-state index in [4.69, 9.17) is 63.9 Å². The summed E-state index contributed by atoms with van der Waals surface area (Å²) in [6.45, 7) is 0.0433. The fourth-order valence-corrected chi connectivity index (χ4v) is 3.65. The molecule has 0 spiro atoms. The molecule has 2 heterocycles. The number of alkyl halides is 3. The number of esters is 1. The third kappa shape index (κ3) is 5.60. The SMILES string of the molecule is N=C(O[C@@H]1OC2COC(c3ccccc3)O[C@H]2C(O)[C@@H]1OC(=O)c1ccccc1)C(Cl)(Cl)Cl. The summed E-state index contributed by atoms with van der Waals surface area (Å²) in [4.78, 5) is 12.7. The summed E-state index contributed by atoms with van der Waals surface area (Å²) >= 11 is 17.2. The molecule has 2 saturated heterocycles. The second-order valence-corrected chi connectivity index (χ2v) is 9.67. The number of aliphatic hydroxyl groups is 1. The van der Waals surface area contributed by atoms with E-state index in [2.05, 4.69) is 0 Å². The van der Waals surface area contributed by atoms with Crippen LogP contribution in [-0.4, -0.2) is 58.1 Å². The summed E-state index contributed by atoms with van der Waals surface area (Å²) in [6.07, 6.45) is -6.69. The predicted octanol–water partition coefficient (Wildman–Crippen LogP) is 3.78. The van der Waals surface area contributed by atoms with Gasteiger partial charge in [0.05, 0.1) is 12.2 Å². The van der Waals surface area contributed by atoms with Crippen LogP contribution in [0.25, 0.3) is 0 Å². The van der Waals surface area contributed by atoms with E-state index < -0.39 is 52.7 Å². The van der Waals surface area contributed by atoms with Gasteiger partial charge in [0.15, 0.2) is 12.4 Å². The highest BCUT2D eigenvalue weighted by atomic mass is 35.6. The number of fused-ring (bicyclic) bond motifs is 1. The Balaban J connectivity index is 1.56. The summed E-state index contributed by atoms with van der Waals surface area (Å²) in [6, 6.07) is 17.3. The number of hydrogen-bond donors (Lipinski definition) is 2. The van der Waals surface area contributed by atoms with Gasteiger partial charge in [-0.05, 0) is 12.1 Å². The molecule has 3 unspecified atom stereocenters. The van der Waals surface area contributed by atoms with Crippen LogP contribution in [-0.2, 0) is 23.7 Å². The Hall–Kier alpha value is -1.91. The summed E-state index contributed by atoms with van der Waals surface area (Å²) < 4.78 is 26.2. The lowest BCUT2D eigenvalue weighted by atomic mass is 9.97. The van der Waals surface area contributed by atoms with E-state index in [0.717, 1.165) is 5.56 Å². The number of carbonyl (C=O) groups excluding carboxylic acids is 1. The standard InChI is InChI=1S/C22H20Cl3NO7/c23-22(24,25)21(26)33-20-17(31-18(28)12-7-3-1-4-8-12)15(27)16-14(30-20)11-29-19(32-16)13-9-5-2-6-10-13/h1-10,14-17,19-20,26-27H,11H2/t14?,15?,16-,17+,19?,20+/m1/s1. The lowest BCUT2D eigenvalue weighted by Gasteiger charge is -2.47. The Morgan fingerprint density at radius 1 is 1.00 bits per heavy atom. The van der Waals surface area contributed by atoms with Crippen LogP contribution >= 0.6 is 34.8 Å². The minimum Gasteiger partial charge on any atom is -0.449 e. The van der Waals surface area contributed by atoms with Gasteiger partial charge in [-0.1, -0.05) is 83.3 Å². The number of benzene rings is 2. The Morgan fingerprint density at radius 2 is 1.64 bits per heavy atom. The van der Waals surface area contributed by atoms with Gasteiger partial charge < -0.3 is 28.8 Å². The Labute approximate surface area is 204 Å². The number of rotatable bonds is 4. The van der Waals surface area contributed by atoms with Crippen molar-refractivity contribution in [3.8, 4) is 0 Å². The first-order valence-electron chi connectivity index (χ1n) is 9.98. The van der Waals surface area contributed by atoms with Crippen molar-refractivity contribution in [3.63, 3.8) is 0 Å². The van der Waals surface area contributed by atoms with Gasteiger partial charge in [-0.2, -0.15) is 0 Å². The quantitative estimate of drug-likeness (QED) is 0.276. The lowest BCUT2D eigenvalue weighted by molar-refractivity contribution is -0.351. The van der Waals surface area contributed by atoms with Crippen LogP contribution in [0.3, 0.4) is 0 Å². The number of halogens is 3. The first-order valence-corrected chi connectivity index (χ1v) is 11.1. The van der Waals surface area contributed by atoms with Crippen LogP contribution in [0.5, 0.6) is 0 Å². The first-order chi connectivity index (χ1) is 15.7. The van der Waals surface area contributed by atoms with Crippen molar-refractivity contribution < 1.29 is 33.6 Å². The van der Waals surface area contributed by atoms with Crippen molar-refractivity contribution >= 4 is 46.7 Å². The molecule has 6 atom stereocenters. The fourth-order valence-electron chi connectivity index (χ4n) is 3.52. The largest absolute Gasteiger partial charge is 0.449 e. The monoisotopic (exact) mass is 515 g/mol. The second-order valence-electron chi connectivity index (χ2n) is 7.39. The Bertz CT molecular complexity index is 973. The third-order valence-electron chi connectivity index (χ3n) is 5.13. The van der Waals surface area contributed by atoms with E-state index >= 15 is 0 Å². The molecule has 33 heavy (non-hydrogen) atoms. The molecular formula is C22H20Cl3NO7. The third-order valence-corrected chi connectivity index (χ3v) is 5.64. The topological polar surface area (TPSA) is 107 Å². The highest BCUT2D eigenvalue weighted by Gasteiger charge is 2.53. The molecule has 8 nitrogen and oxygen atoms in total. The predicted molar refractivity (Wildman–Crippen MR) is 119 cm³/mol. The zero-order valence-corrected chi connectivity index (χ0v) is 19.2. The van der Waals surface area contributed by atoms with Crippen LogP contribution < -0.4 is 0 Å². The molecule has 2 aromatic carbocycles. The van der Waals surface area contributed by atoms with Crippen molar-refractivity contribution in [1.29, 1.82) is 5.41 Å².